The van der Waals surface area contributed by atoms with E-state index in [4.69, 9.17) is 0 Å². The van der Waals surface area contributed by atoms with Gasteiger partial charge in [-0.3, -0.25) is 0 Å². The fraction of sp³-hybridized carbons (Fsp3) is 0.250. The summed E-state index contributed by atoms with van der Waals surface area (Å²) in [6, 6.07) is 9.89. The minimum Gasteiger partial charge on any atom is -0.246 e. The van der Waals surface area contributed by atoms with Gasteiger partial charge >= 0.3 is 0 Å². The van der Waals surface area contributed by atoms with E-state index in [2.05, 4.69) is 6.92 Å². The van der Waals surface area contributed by atoms with Crippen LogP contribution >= 0.6 is 0 Å². The molecule has 0 unspecified atom stereocenters. The van der Waals surface area contributed by atoms with Crippen molar-refractivity contribution < 1.29 is 13.2 Å². The first-order valence-electron chi connectivity index (χ1n) is 6.29. The lowest BCUT2D eigenvalue weighted by Crippen LogP contribution is -1.94. The van der Waals surface area contributed by atoms with E-state index in [0.717, 1.165) is 18.4 Å². The van der Waals surface area contributed by atoms with Crippen LogP contribution in [0.1, 0.15) is 24.5 Å². The molecule has 0 aliphatic rings. The average Bonchev–Trinajstić information content (AvgIpc) is 2.39. The minimum atomic E-state index is -1.13. The van der Waals surface area contributed by atoms with E-state index in [1.165, 1.54) is 17.7 Å². The molecule has 0 aromatic heterocycles. The van der Waals surface area contributed by atoms with Crippen LogP contribution in [0.2, 0.25) is 0 Å². The zero-order valence-electron chi connectivity index (χ0n) is 10.7. The molecule has 0 saturated carbocycles. The molecule has 0 heterocycles. The lowest BCUT2D eigenvalue weighted by Gasteiger charge is -2.07. The molecule has 0 saturated heterocycles. The molecule has 0 spiro atoms. The van der Waals surface area contributed by atoms with E-state index >= 15 is 0 Å². The van der Waals surface area contributed by atoms with E-state index in [0.29, 0.717) is 5.56 Å². The van der Waals surface area contributed by atoms with Crippen molar-refractivity contribution in [2.45, 2.75) is 26.4 Å². The molecule has 19 heavy (non-hydrogen) atoms. The van der Waals surface area contributed by atoms with Gasteiger partial charge in [-0.05, 0) is 35.2 Å². The Hall–Kier alpha value is -1.77. The van der Waals surface area contributed by atoms with Crippen molar-refractivity contribution in [1.29, 1.82) is 0 Å². The van der Waals surface area contributed by atoms with Crippen molar-refractivity contribution in [3.05, 3.63) is 59.2 Å². The van der Waals surface area contributed by atoms with Crippen molar-refractivity contribution in [1.82, 2.24) is 0 Å². The Morgan fingerprint density at radius 2 is 1.47 bits per heavy atom. The van der Waals surface area contributed by atoms with Gasteiger partial charge in [-0.25, -0.2) is 13.2 Å². The molecule has 0 amide bonds. The van der Waals surface area contributed by atoms with E-state index in [-0.39, 0.29) is 0 Å². The number of rotatable bonds is 4. The third kappa shape index (κ3) is 2.98. The summed E-state index contributed by atoms with van der Waals surface area (Å²) in [5.41, 5.74) is 1.83. The first kappa shape index (κ1) is 13.7. The lowest BCUT2D eigenvalue weighted by molar-refractivity contribution is 0.440. The van der Waals surface area contributed by atoms with Gasteiger partial charge in [0.25, 0.3) is 0 Å². The summed E-state index contributed by atoms with van der Waals surface area (Å²) in [6.07, 6.45) is 2.03. The van der Waals surface area contributed by atoms with Gasteiger partial charge in [-0.1, -0.05) is 37.6 Å². The van der Waals surface area contributed by atoms with E-state index in [1.807, 2.05) is 24.3 Å². The molecule has 3 heteroatoms. The molecule has 0 N–H and O–H groups in total. The van der Waals surface area contributed by atoms with Crippen LogP contribution in [0.15, 0.2) is 36.4 Å². The Morgan fingerprint density at radius 3 is 1.95 bits per heavy atom. The van der Waals surface area contributed by atoms with Gasteiger partial charge in [0.1, 0.15) is 18.3 Å². The Bertz CT molecular complexity index is 536. The highest BCUT2D eigenvalue weighted by atomic mass is 19.1. The largest absolute Gasteiger partial charge is 0.246 e. The molecule has 0 radical (unpaired) electrons. The summed E-state index contributed by atoms with van der Waals surface area (Å²) in [4.78, 5) is 0. The van der Waals surface area contributed by atoms with Crippen molar-refractivity contribution in [3.8, 4) is 11.1 Å². The molecule has 2 aromatic rings. The predicted molar refractivity (Wildman–Crippen MR) is 70.6 cm³/mol. The van der Waals surface area contributed by atoms with Gasteiger partial charge in [-0.15, -0.1) is 0 Å². The molecule has 0 aliphatic carbocycles. The summed E-state index contributed by atoms with van der Waals surface area (Å²) < 4.78 is 39.5. The SMILES string of the molecule is CCCc1ccc(-c2cc(F)c(CF)c(F)c2)cc1. The standard InChI is InChI=1S/C16H15F3/c1-2-3-11-4-6-12(7-5-11)13-8-15(18)14(10-17)16(19)9-13/h4-9H,2-3,10H2,1H3. The molecule has 2 rings (SSSR count). The van der Waals surface area contributed by atoms with Crippen molar-refractivity contribution in [2.24, 2.45) is 0 Å². The van der Waals surface area contributed by atoms with Crippen LogP contribution in [0.25, 0.3) is 11.1 Å². The quantitative estimate of drug-likeness (QED) is 0.724. The smallest absolute Gasteiger partial charge is 0.132 e. The second kappa shape index (κ2) is 5.91. The van der Waals surface area contributed by atoms with Crippen LogP contribution in [0.3, 0.4) is 0 Å². The fourth-order valence-corrected chi connectivity index (χ4v) is 2.05. The van der Waals surface area contributed by atoms with Gasteiger partial charge in [0.05, 0.1) is 5.56 Å². The molecule has 0 bridgehead atoms. The second-order valence-electron chi connectivity index (χ2n) is 4.50. The first-order valence-corrected chi connectivity index (χ1v) is 6.29. The first-order chi connectivity index (χ1) is 9.15. The topological polar surface area (TPSA) is 0 Å². The van der Waals surface area contributed by atoms with Gasteiger partial charge < -0.3 is 0 Å². The third-order valence-corrected chi connectivity index (χ3v) is 3.10. The second-order valence-corrected chi connectivity index (χ2v) is 4.50. The fourth-order valence-electron chi connectivity index (χ4n) is 2.05. The van der Waals surface area contributed by atoms with E-state index in [1.54, 1.807) is 0 Å². The number of hydrogen-bond donors (Lipinski definition) is 0. The van der Waals surface area contributed by atoms with Gasteiger partial charge in [0.15, 0.2) is 0 Å². The molecule has 2 aromatic carbocycles. The molecule has 100 valence electrons. The van der Waals surface area contributed by atoms with Crippen LogP contribution in [0.5, 0.6) is 0 Å². The summed E-state index contributed by atoms with van der Waals surface area (Å²) in [6.45, 7) is 0.960. The molecule has 0 atom stereocenters. The highest BCUT2D eigenvalue weighted by Gasteiger charge is 2.11. The monoisotopic (exact) mass is 264 g/mol. The summed E-state index contributed by atoms with van der Waals surface area (Å²) >= 11 is 0. The minimum absolute atomic E-state index is 0.426. The van der Waals surface area contributed by atoms with Gasteiger partial charge in [0.2, 0.25) is 0 Å². The number of hydrogen-bond acceptors (Lipinski definition) is 0. The highest BCUT2D eigenvalue weighted by molar-refractivity contribution is 5.64. The molecular formula is C16H15F3. The lowest BCUT2D eigenvalue weighted by atomic mass is 10.0. The maximum absolute atomic E-state index is 13.5. The Labute approximate surface area is 110 Å². The van der Waals surface area contributed by atoms with Crippen LogP contribution in [-0.4, -0.2) is 0 Å². The van der Waals surface area contributed by atoms with Crippen LogP contribution < -0.4 is 0 Å². The van der Waals surface area contributed by atoms with Crippen molar-refractivity contribution in [2.75, 3.05) is 0 Å². The van der Waals surface area contributed by atoms with Crippen molar-refractivity contribution in [3.63, 3.8) is 0 Å². The van der Waals surface area contributed by atoms with Crippen LogP contribution in [0, 0.1) is 11.6 Å². The number of benzene rings is 2. The molecule has 0 nitrogen and oxygen atoms in total. The number of halogens is 3. The predicted octanol–water partition coefficient (Wildman–Crippen LogP) is 5.05. The average molecular weight is 264 g/mol. The zero-order chi connectivity index (χ0) is 13.8. The number of aryl methyl sites for hydroxylation is 1. The highest BCUT2D eigenvalue weighted by Crippen LogP contribution is 2.25. The van der Waals surface area contributed by atoms with E-state index < -0.39 is 23.9 Å². The van der Waals surface area contributed by atoms with Crippen molar-refractivity contribution >= 4 is 0 Å². The summed E-state index contributed by atoms with van der Waals surface area (Å²) in [5.74, 6) is -1.68. The Morgan fingerprint density at radius 1 is 0.895 bits per heavy atom. The summed E-state index contributed by atoms with van der Waals surface area (Å²) in [5, 5.41) is 0. The molecular weight excluding hydrogens is 249 g/mol. The zero-order valence-corrected chi connectivity index (χ0v) is 10.7. The van der Waals surface area contributed by atoms with Gasteiger partial charge in [0, 0.05) is 0 Å². The van der Waals surface area contributed by atoms with E-state index in [9.17, 15) is 13.2 Å². The maximum Gasteiger partial charge on any atom is 0.132 e. The normalized spacial score (nSPS) is 10.7. The molecule has 0 fully saturated rings. The third-order valence-electron chi connectivity index (χ3n) is 3.10. The summed E-state index contributed by atoms with van der Waals surface area (Å²) in [7, 11) is 0. The Balaban J connectivity index is 2.36. The van der Waals surface area contributed by atoms with Gasteiger partial charge in [-0.2, -0.15) is 0 Å². The maximum atomic E-state index is 13.5. The molecule has 0 aliphatic heterocycles. The van der Waals surface area contributed by atoms with Crippen LogP contribution in [-0.2, 0) is 13.1 Å². The number of alkyl halides is 1. The Kier molecular flexibility index (Phi) is 4.25. The van der Waals surface area contributed by atoms with Crippen LogP contribution in [0.4, 0.5) is 13.2 Å².